The maximum Gasteiger partial charge on any atom is 0.339 e. The van der Waals surface area contributed by atoms with Gasteiger partial charge >= 0.3 is 10.1 Å². The zero-order valence-electron chi connectivity index (χ0n) is 17.1. The van der Waals surface area contributed by atoms with Crippen molar-refractivity contribution in [2.45, 2.75) is 11.8 Å². The van der Waals surface area contributed by atoms with Crippen LogP contribution >= 0.6 is 0 Å². The Morgan fingerprint density at radius 3 is 2.26 bits per heavy atom. The highest BCUT2D eigenvalue weighted by Crippen LogP contribution is 2.30. The highest BCUT2D eigenvalue weighted by molar-refractivity contribution is 7.87. The third kappa shape index (κ3) is 4.59. The van der Waals surface area contributed by atoms with Crippen LogP contribution in [-0.4, -0.2) is 21.7 Å². The maximum atomic E-state index is 12.9. The van der Waals surface area contributed by atoms with Crippen molar-refractivity contribution in [1.82, 2.24) is 0 Å². The summed E-state index contributed by atoms with van der Waals surface area (Å²) in [4.78, 5) is 4.62. The molecule has 31 heavy (non-hydrogen) atoms. The number of aliphatic imine (C=N–C) groups is 1. The Morgan fingerprint density at radius 1 is 0.839 bits per heavy atom. The average Bonchev–Trinajstić information content (AvgIpc) is 2.78. The Labute approximate surface area is 181 Å². The molecule has 0 saturated carbocycles. The Morgan fingerprint density at radius 2 is 1.55 bits per heavy atom. The van der Waals surface area contributed by atoms with Gasteiger partial charge in [0.05, 0.1) is 12.8 Å². The summed E-state index contributed by atoms with van der Waals surface area (Å²) in [6.07, 6.45) is 1.63. The first-order valence-electron chi connectivity index (χ1n) is 9.67. The number of methoxy groups -OCH3 is 1. The van der Waals surface area contributed by atoms with Crippen LogP contribution in [0.5, 0.6) is 11.5 Å². The van der Waals surface area contributed by atoms with E-state index in [-0.39, 0.29) is 10.6 Å². The first-order chi connectivity index (χ1) is 15.0. The Balaban J connectivity index is 1.76. The van der Waals surface area contributed by atoms with Gasteiger partial charge in [0.1, 0.15) is 10.6 Å². The second kappa shape index (κ2) is 8.62. The van der Waals surface area contributed by atoms with Crippen LogP contribution in [0.2, 0.25) is 0 Å². The van der Waals surface area contributed by atoms with Gasteiger partial charge in [-0.2, -0.15) is 8.42 Å². The summed E-state index contributed by atoms with van der Waals surface area (Å²) >= 11 is 0. The molecule has 4 aromatic carbocycles. The molecule has 0 fully saturated rings. The fraction of sp³-hybridized carbons (Fsp3) is 0.0800. The minimum atomic E-state index is -3.99. The van der Waals surface area contributed by atoms with Gasteiger partial charge in [-0.05, 0) is 60.2 Å². The Bertz CT molecular complexity index is 1340. The molecule has 0 saturated heterocycles. The zero-order chi connectivity index (χ0) is 21.8. The van der Waals surface area contributed by atoms with Crippen molar-refractivity contribution in [1.29, 1.82) is 0 Å². The molecule has 6 heteroatoms. The molecule has 0 spiro atoms. The van der Waals surface area contributed by atoms with Crippen LogP contribution in [0.4, 0.5) is 5.69 Å². The van der Waals surface area contributed by atoms with Crippen LogP contribution in [0.15, 0.2) is 94.8 Å². The highest BCUT2D eigenvalue weighted by atomic mass is 32.2. The lowest BCUT2D eigenvalue weighted by molar-refractivity contribution is 0.415. The summed E-state index contributed by atoms with van der Waals surface area (Å²) in [6.45, 7) is 1.90. The lowest BCUT2D eigenvalue weighted by atomic mass is 10.0. The fourth-order valence-electron chi connectivity index (χ4n) is 3.16. The quantitative estimate of drug-likeness (QED) is 0.291. The van der Waals surface area contributed by atoms with E-state index in [4.69, 9.17) is 8.92 Å². The summed E-state index contributed by atoms with van der Waals surface area (Å²) in [5.74, 6) is 0.953. The molecule has 0 N–H and O–H groups in total. The number of aryl methyl sites for hydroxylation is 1. The molecule has 4 rings (SSSR count). The van der Waals surface area contributed by atoms with E-state index in [1.54, 1.807) is 31.5 Å². The van der Waals surface area contributed by atoms with Crippen molar-refractivity contribution in [2.24, 2.45) is 4.99 Å². The van der Waals surface area contributed by atoms with Gasteiger partial charge in [-0.3, -0.25) is 4.99 Å². The number of fused-ring (bicyclic) bond motifs is 1. The summed E-state index contributed by atoms with van der Waals surface area (Å²) in [6, 6.07) is 25.0. The van der Waals surface area contributed by atoms with Gasteiger partial charge in [-0.1, -0.05) is 48.0 Å². The number of nitrogens with zero attached hydrogens (tertiary/aromatic N) is 1. The minimum absolute atomic E-state index is 0.101. The standard InChI is InChI=1S/C25H21NO4S/c1-18-7-14-22(15-8-18)31(27,28)30-25-16-9-19-5-3-4-6-23(19)24(25)17-26-20-10-12-21(29-2)13-11-20/h3-17H,1-2H3. The van der Waals surface area contributed by atoms with E-state index in [0.29, 0.717) is 11.3 Å². The smallest absolute Gasteiger partial charge is 0.339 e. The number of benzene rings is 4. The first-order valence-corrected chi connectivity index (χ1v) is 11.1. The van der Waals surface area contributed by atoms with Gasteiger partial charge < -0.3 is 8.92 Å². The van der Waals surface area contributed by atoms with E-state index < -0.39 is 10.1 Å². The monoisotopic (exact) mass is 431 g/mol. The molecule has 4 aromatic rings. The first kappa shape index (κ1) is 20.6. The Hall–Kier alpha value is -3.64. The van der Waals surface area contributed by atoms with Gasteiger partial charge in [-0.15, -0.1) is 0 Å². The summed E-state index contributed by atoms with van der Waals surface area (Å²) < 4.78 is 36.5. The van der Waals surface area contributed by atoms with E-state index >= 15 is 0 Å². The molecular weight excluding hydrogens is 410 g/mol. The molecule has 0 unspecified atom stereocenters. The zero-order valence-corrected chi connectivity index (χ0v) is 18.0. The molecule has 0 amide bonds. The van der Waals surface area contributed by atoms with Crippen LogP contribution in [-0.2, 0) is 10.1 Å². The van der Waals surface area contributed by atoms with Gasteiger partial charge in [0.2, 0.25) is 0 Å². The minimum Gasteiger partial charge on any atom is -0.497 e. The lowest BCUT2D eigenvalue weighted by Gasteiger charge is -2.12. The summed E-state index contributed by atoms with van der Waals surface area (Å²) in [7, 11) is -2.39. The predicted molar refractivity (Wildman–Crippen MR) is 123 cm³/mol. The molecule has 0 aliphatic heterocycles. The number of ether oxygens (including phenoxy) is 1. The van der Waals surface area contributed by atoms with Gasteiger partial charge in [0.15, 0.2) is 5.75 Å². The molecule has 0 radical (unpaired) electrons. The van der Waals surface area contributed by atoms with E-state index in [1.807, 2.05) is 61.5 Å². The molecule has 0 aliphatic rings. The van der Waals surface area contributed by atoms with Crippen molar-refractivity contribution in [3.63, 3.8) is 0 Å². The molecule has 0 aromatic heterocycles. The van der Waals surface area contributed by atoms with Gasteiger partial charge in [-0.25, -0.2) is 0 Å². The fourth-order valence-corrected chi connectivity index (χ4v) is 4.11. The predicted octanol–water partition coefficient (Wildman–Crippen LogP) is 5.68. The van der Waals surface area contributed by atoms with E-state index in [9.17, 15) is 8.42 Å². The van der Waals surface area contributed by atoms with Crippen LogP contribution in [0, 0.1) is 6.92 Å². The molecule has 5 nitrogen and oxygen atoms in total. The summed E-state index contributed by atoms with van der Waals surface area (Å²) in [5.41, 5.74) is 2.27. The van der Waals surface area contributed by atoms with Gasteiger partial charge in [0, 0.05) is 11.8 Å². The van der Waals surface area contributed by atoms with Crippen LogP contribution in [0.3, 0.4) is 0 Å². The highest BCUT2D eigenvalue weighted by Gasteiger charge is 2.19. The topological polar surface area (TPSA) is 65.0 Å². The SMILES string of the molecule is COc1ccc(N=Cc2c(OS(=O)(=O)c3ccc(C)cc3)ccc3ccccc23)cc1. The van der Waals surface area contributed by atoms with Crippen LogP contribution in [0.1, 0.15) is 11.1 Å². The average molecular weight is 432 g/mol. The van der Waals surface area contributed by atoms with Crippen molar-refractivity contribution >= 4 is 32.8 Å². The van der Waals surface area contributed by atoms with Crippen LogP contribution in [0.25, 0.3) is 10.8 Å². The van der Waals surface area contributed by atoms with Crippen molar-refractivity contribution < 1.29 is 17.3 Å². The second-order valence-electron chi connectivity index (χ2n) is 7.01. The van der Waals surface area contributed by atoms with Crippen molar-refractivity contribution in [3.8, 4) is 11.5 Å². The maximum absolute atomic E-state index is 12.9. The molecule has 0 atom stereocenters. The molecule has 0 bridgehead atoms. The lowest BCUT2D eigenvalue weighted by Crippen LogP contribution is -2.11. The normalized spacial score (nSPS) is 11.7. The molecule has 0 heterocycles. The van der Waals surface area contributed by atoms with E-state index in [0.717, 1.165) is 22.1 Å². The molecule has 0 aliphatic carbocycles. The van der Waals surface area contributed by atoms with Crippen molar-refractivity contribution in [3.05, 3.63) is 96.1 Å². The molecular formula is C25H21NO4S. The number of rotatable bonds is 6. The van der Waals surface area contributed by atoms with Gasteiger partial charge in [0.25, 0.3) is 0 Å². The van der Waals surface area contributed by atoms with E-state index in [2.05, 4.69) is 4.99 Å². The number of hydrogen-bond acceptors (Lipinski definition) is 5. The second-order valence-corrected chi connectivity index (χ2v) is 8.55. The van der Waals surface area contributed by atoms with Crippen LogP contribution < -0.4 is 8.92 Å². The largest absolute Gasteiger partial charge is 0.497 e. The molecule has 156 valence electrons. The van der Waals surface area contributed by atoms with E-state index in [1.165, 1.54) is 12.1 Å². The number of hydrogen-bond donors (Lipinski definition) is 0. The van der Waals surface area contributed by atoms with Crippen molar-refractivity contribution in [2.75, 3.05) is 7.11 Å². The third-order valence-electron chi connectivity index (χ3n) is 4.85. The Kier molecular flexibility index (Phi) is 5.73. The summed E-state index contributed by atoms with van der Waals surface area (Å²) in [5, 5.41) is 1.80. The third-order valence-corrected chi connectivity index (χ3v) is 6.10.